The molecule has 0 aliphatic heterocycles. The molecular weight excluding hydrogens is 492 g/mol. The Hall–Kier alpha value is -3.55. The van der Waals surface area contributed by atoms with Crippen LogP contribution >= 0.6 is 0 Å². The minimum absolute atomic E-state index is 0.0402. The summed E-state index contributed by atoms with van der Waals surface area (Å²) in [6.07, 6.45) is 4.52. The second-order valence-electron chi connectivity index (χ2n) is 11.0. The van der Waals surface area contributed by atoms with Crippen molar-refractivity contribution in [3.05, 3.63) is 96.3 Å². The summed E-state index contributed by atoms with van der Waals surface area (Å²) in [6, 6.07) is 22.5. The Balaban J connectivity index is 1.56. The van der Waals surface area contributed by atoms with Gasteiger partial charge in [0.1, 0.15) is 11.8 Å². The molecule has 0 amide bonds. The van der Waals surface area contributed by atoms with E-state index in [1.54, 1.807) is 24.5 Å². The second-order valence-corrected chi connectivity index (χ2v) is 15.7. The van der Waals surface area contributed by atoms with Gasteiger partial charge in [-0.2, -0.15) is 0 Å². The smallest absolute Gasteiger partial charge is 0.356 e. The van der Waals surface area contributed by atoms with Gasteiger partial charge >= 0.3 is 5.97 Å². The molecule has 0 spiro atoms. The molecule has 1 unspecified atom stereocenters. The Morgan fingerprint density at radius 2 is 1.63 bits per heavy atom. The third-order valence-electron chi connectivity index (χ3n) is 7.24. The van der Waals surface area contributed by atoms with E-state index in [1.165, 1.54) is 23.8 Å². The Kier molecular flexibility index (Phi) is 8.28. The summed E-state index contributed by atoms with van der Waals surface area (Å²) in [5.74, 6) is 0.606. The predicted molar refractivity (Wildman–Crippen MR) is 152 cm³/mol. The SMILES string of the molecule is COC(=O)c1cc(-c2cnc(C(CCc3ccc(-c4ccccc4)cc3)O[Si](C)(C)C(C)(C)C)o2)ccn1. The van der Waals surface area contributed by atoms with Crippen LogP contribution in [0.15, 0.2) is 83.5 Å². The van der Waals surface area contributed by atoms with Crippen LogP contribution < -0.4 is 0 Å². The highest BCUT2D eigenvalue weighted by Gasteiger charge is 2.40. The van der Waals surface area contributed by atoms with Gasteiger partial charge in [0.15, 0.2) is 14.1 Å². The molecule has 0 saturated heterocycles. The van der Waals surface area contributed by atoms with Crippen molar-refractivity contribution in [1.29, 1.82) is 0 Å². The van der Waals surface area contributed by atoms with Crippen molar-refractivity contribution in [2.24, 2.45) is 0 Å². The molecule has 4 rings (SSSR count). The average Bonchev–Trinajstić information content (AvgIpc) is 3.41. The summed E-state index contributed by atoms with van der Waals surface area (Å²) in [6.45, 7) is 11.2. The maximum absolute atomic E-state index is 11.9. The number of carbonyl (C=O) groups is 1. The summed E-state index contributed by atoms with van der Waals surface area (Å²) in [5, 5.41) is 0.0402. The van der Waals surface area contributed by atoms with Gasteiger partial charge in [-0.25, -0.2) is 14.8 Å². The molecule has 1 atom stereocenters. The van der Waals surface area contributed by atoms with Gasteiger partial charge in [0.05, 0.1) is 13.3 Å². The first-order valence-corrected chi connectivity index (χ1v) is 15.8. The lowest BCUT2D eigenvalue weighted by molar-refractivity contribution is 0.0594. The highest BCUT2D eigenvalue weighted by molar-refractivity contribution is 6.74. The molecular formula is C31H36N2O4Si. The van der Waals surface area contributed by atoms with Gasteiger partial charge in [-0.05, 0) is 59.8 Å². The van der Waals surface area contributed by atoms with Gasteiger partial charge in [0, 0.05) is 11.8 Å². The van der Waals surface area contributed by atoms with Crippen LogP contribution in [0.2, 0.25) is 18.1 Å². The number of oxazole rings is 1. The number of methoxy groups -OCH3 is 1. The van der Waals surface area contributed by atoms with Crippen molar-refractivity contribution < 1.29 is 18.4 Å². The van der Waals surface area contributed by atoms with Crippen molar-refractivity contribution in [3.8, 4) is 22.5 Å². The minimum Gasteiger partial charge on any atom is -0.464 e. The maximum atomic E-state index is 11.9. The van der Waals surface area contributed by atoms with Gasteiger partial charge in [-0.1, -0.05) is 75.4 Å². The standard InChI is InChI=1S/C31H36N2O4Si/c1-31(2,3)38(5,6)37-27(17-14-22-12-15-24(16-13-22)23-10-8-7-9-11-23)29-33-21-28(36-29)25-18-19-32-26(20-25)30(34)35-4/h7-13,15-16,18-21,27H,14,17H2,1-6H3. The third kappa shape index (κ3) is 6.47. The molecule has 0 fully saturated rings. The van der Waals surface area contributed by atoms with Crippen molar-refractivity contribution in [1.82, 2.24) is 9.97 Å². The summed E-state index contributed by atoms with van der Waals surface area (Å²) in [5.41, 5.74) is 4.57. The Labute approximate surface area is 226 Å². The van der Waals surface area contributed by atoms with Gasteiger partial charge in [-0.3, -0.25) is 0 Å². The number of hydrogen-bond acceptors (Lipinski definition) is 6. The number of nitrogens with zero attached hydrogens (tertiary/aromatic N) is 2. The molecule has 0 aliphatic carbocycles. The first kappa shape index (κ1) is 27.5. The highest BCUT2D eigenvalue weighted by atomic mass is 28.4. The molecule has 0 bridgehead atoms. The highest BCUT2D eigenvalue weighted by Crippen LogP contribution is 2.41. The molecule has 4 aromatic rings. The quantitative estimate of drug-likeness (QED) is 0.162. The van der Waals surface area contributed by atoms with Crippen molar-refractivity contribution in [2.45, 2.75) is 57.8 Å². The average molecular weight is 529 g/mol. The molecule has 2 aromatic carbocycles. The number of hydrogen-bond donors (Lipinski definition) is 0. The number of pyridine rings is 1. The van der Waals surface area contributed by atoms with E-state index >= 15 is 0 Å². The van der Waals surface area contributed by atoms with E-state index in [2.05, 4.69) is 92.4 Å². The van der Waals surface area contributed by atoms with E-state index in [1.807, 2.05) is 6.07 Å². The predicted octanol–water partition coefficient (Wildman–Crippen LogP) is 7.89. The maximum Gasteiger partial charge on any atom is 0.356 e. The molecule has 0 aliphatic rings. The fraction of sp³-hybridized carbons (Fsp3) is 0.323. The van der Waals surface area contributed by atoms with Gasteiger partial charge in [-0.15, -0.1) is 0 Å². The topological polar surface area (TPSA) is 74.5 Å². The molecule has 2 heterocycles. The lowest BCUT2D eigenvalue weighted by Gasteiger charge is -2.38. The fourth-order valence-corrected chi connectivity index (χ4v) is 5.21. The van der Waals surface area contributed by atoms with Crippen LogP contribution in [-0.2, 0) is 15.6 Å². The number of aryl methyl sites for hydroxylation is 1. The van der Waals surface area contributed by atoms with Crippen LogP contribution in [-0.4, -0.2) is 31.4 Å². The number of esters is 1. The van der Waals surface area contributed by atoms with Gasteiger partial charge in [0.2, 0.25) is 5.89 Å². The Morgan fingerprint density at radius 1 is 0.947 bits per heavy atom. The zero-order valence-corrected chi connectivity index (χ0v) is 24.0. The zero-order valence-electron chi connectivity index (χ0n) is 23.0. The Bertz CT molecular complexity index is 1360. The van der Waals surface area contributed by atoms with Crippen LogP contribution in [0.25, 0.3) is 22.5 Å². The lowest BCUT2D eigenvalue weighted by Crippen LogP contribution is -2.42. The molecule has 7 heteroatoms. The molecule has 198 valence electrons. The van der Waals surface area contributed by atoms with Crippen molar-refractivity contribution >= 4 is 14.3 Å². The molecule has 38 heavy (non-hydrogen) atoms. The van der Waals surface area contributed by atoms with Crippen LogP contribution in [0.3, 0.4) is 0 Å². The third-order valence-corrected chi connectivity index (χ3v) is 11.7. The van der Waals surface area contributed by atoms with E-state index in [-0.39, 0.29) is 16.8 Å². The largest absolute Gasteiger partial charge is 0.464 e. The zero-order chi connectivity index (χ0) is 27.3. The first-order valence-electron chi connectivity index (χ1n) is 12.9. The first-order chi connectivity index (χ1) is 18.1. The molecule has 0 N–H and O–H groups in total. The van der Waals surface area contributed by atoms with Crippen LogP contribution in [0, 0.1) is 0 Å². The van der Waals surface area contributed by atoms with Crippen LogP contribution in [0.5, 0.6) is 0 Å². The number of rotatable bonds is 9. The monoisotopic (exact) mass is 528 g/mol. The number of aromatic nitrogens is 2. The minimum atomic E-state index is -2.11. The van der Waals surface area contributed by atoms with E-state index in [0.29, 0.717) is 17.2 Å². The summed E-state index contributed by atoms with van der Waals surface area (Å²) in [4.78, 5) is 20.6. The molecule has 0 saturated carbocycles. The second kappa shape index (κ2) is 11.5. The van der Waals surface area contributed by atoms with Crippen LogP contribution in [0.1, 0.15) is 55.2 Å². The number of carbonyl (C=O) groups excluding carboxylic acids is 1. The lowest BCUT2D eigenvalue weighted by atomic mass is 10.0. The number of ether oxygens (including phenoxy) is 1. The van der Waals surface area contributed by atoms with E-state index in [0.717, 1.165) is 12.8 Å². The van der Waals surface area contributed by atoms with Crippen LogP contribution in [0.4, 0.5) is 0 Å². The van der Waals surface area contributed by atoms with E-state index in [9.17, 15) is 4.79 Å². The fourth-order valence-electron chi connectivity index (χ4n) is 3.93. The molecule has 6 nitrogen and oxygen atoms in total. The molecule has 0 radical (unpaired) electrons. The van der Waals surface area contributed by atoms with Crippen molar-refractivity contribution in [3.63, 3.8) is 0 Å². The Morgan fingerprint density at radius 3 is 2.29 bits per heavy atom. The normalized spacial score (nSPS) is 12.8. The van der Waals surface area contributed by atoms with E-state index < -0.39 is 14.3 Å². The van der Waals surface area contributed by atoms with Crippen molar-refractivity contribution in [2.75, 3.05) is 7.11 Å². The summed E-state index contributed by atoms with van der Waals surface area (Å²) in [7, 11) is -0.777. The van der Waals surface area contributed by atoms with E-state index in [4.69, 9.17) is 13.6 Å². The summed E-state index contributed by atoms with van der Waals surface area (Å²) >= 11 is 0. The van der Waals surface area contributed by atoms with Gasteiger partial charge in [0.25, 0.3) is 0 Å². The summed E-state index contributed by atoms with van der Waals surface area (Å²) < 4.78 is 17.9. The van der Waals surface area contributed by atoms with Gasteiger partial charge < -0.3 is 13.6 Å². The number of benzene rings is 2. The molecule has 2 aromatic heterocycles.